The molecule has 2 aromatic rings. The van der Waals surface area contributed by atoms with E-state index in [4.69, 9.17) is 5.73 Å². The van der Waals surface area contributed by atoms with Crippen molar-refractivity contribution in [3.8, 4) is 0 Å². The minimum absolute atomic E-state index is 0.00777. The highest BCUT2D eigenvalue weighted by atomic mass is 32.2. The van der Waals surface area contributed by atoms with Crippen LogP contribution in [0.25, 0.3) is 0 Å². The number of anilines is 1. The van der Waals surface area contributed by atoms with Crippen LogP contribution >= 0.6 is 0 Å². The van der Waals surface area contributed by atoms with Gasteiger partial charge in [0.25, 0.3) is 5.91 Å². The Morgan fingerprint density at radius 1 is 1.17 bits per heavy atom. The molecular weight excluding hydrogens is 328 g/mol. The third kappa shape index (κ3) is 5.12. The Balaban J connectivity index is 1.98. The van der Waals surface area contributed by atoms with Crippen LogP contribution in [0.4, 0.5) is 5.69 Å². The molecule has 1 unspecified atom stereocenters. The number of nitrogens with zero attached hydrogens (tertiary/aromatic N) is 1. The van der Waals surface area contributed by atoms with Gasteiger partial charge in [-0.1, -0.05) is 12.1 Å². The van der Waals surface area contributed by atoms with Crippen molar-refractivity contribution in [1.82, 2.24) is 9.71 Å². The minimum Gasteiger partial charge on any atom is -0.323 e. The Hall–Kier alpha value is -2.29. The molecule has 0 aliphatic heterocycles. The fraction of sp³-hybridized carbons (Fsp3) is 0.250. The van der Waals surface area contributed by atoms with Gasteiger partial charge < -0.3 is 11.1 Å². The van der Waals surface area contributed by atoms with Gasteiger partial charge in [0.05, 0.1) is 5.75 Å². The number of aromatic nitrogens is 1. The molecule has 1 amide bonds. The van der Waals surface area contributed by atoms with E-state index in [9.17, 15) is 13.2 Å². The number of pyridine rings is 1. The SMILES string of the molecule is CCS(=O)(=O)NCC(N)c1ccc(C(=O)Nc2ccncc2)cc1. The number of hydrogen-bond donors (Lipinski definition) is 3. The van der Waals surface area contributed by atoms with Crippen molar-refractivity contribution >= 4 is 21.6 Å². The van der Waals surface area contributed by atoms with E-state index in [1.165, 1.54) is 0 Å². The van der Waals surface area contributed by atoms with Crippen molar-refractivity contribution in [2.24, 2.45) is 5.73 Å². The Morgan fingerprint density at radius 3 is 2.38 bits per heavy atom. The molecule has 0 bridgehead atoms. The topological polar surface area (TPSA) is 114 Å². The summed E-state index contributed by atoms with van der Waals surface area (Å²) in [5.74, 6) is -0.235. The molecule has 0 saturated heterocycles. The third-order valence-electron chi connectivity index (χ3n) is 3.44. The lowest BCUT2D eigenvalue weighted by Gasteiger charge is -2.13. The number of sulfonamides is 1. The minimum atomic E-state index is -3.28. The maximum atomic E-state index is 12.1. The molecule has 1 aromatic carbocycles. The van der Waals surface area contributed by atoms with Crippen LogP contribution in [0.15, 0.2) is 48.8 Å². The Kier molecular flexibility index (Phi) is 6.02. The fourth-order valence-electron chi connectivity index (χ4n) is 1.96. The molecule has 1 heterocycles. The lowest BCUT2D eigenvalue weighted by Crippen LogP contribution is -2.32. The summed E-state index contributed by atoms with van der Waals surface area (Å²) in [4.78, 5) is 16.0. The Bertz CT molecular complexity index is 777. The Morgan fingerprint density at radius 2 is 1.79 bits per heavy atom. The van der Waals surface area contributed by atoms with Gasteiger partial charge >= 0.3 is 0 Å². The highest BCUT2D eigenvalue weighted by Gasteiger charge is 2.12. The van der Waals surface area contributed by atoms with Crippen LogP contribution in [-0.2, 0) is 10.0 Å². The van der Waals surface area contributed by atoms with E-state index in [1.807, 2.05) is 0 Å². The predicted molar refractivity (Wildman–Crippen MR) is 93.0 cm³/mol. The largest absolute Gasteiger partial charge is 0.323 e. The molecule has 0 aliphatic rings. The molecule has 0 fully saturated rings. The van der Waals surface area contributed by atoms with E-state index >= 15 is 0 Å². The number of hydrogen-bond acceptors (Lipinski definition) is 5. The van der Waals surface area contributed by atoms with E-state index < -0.39 is 16.1 Å². The van der Waals surface area contributed by atoms with Gasteiger partial charge in [-0.2, -0.15) is 0 Å². The zero-order valence-electron chi connectivity index (χ0n) is 13.3. The Labute approximate surface area is 141 Å². The van der Waals surface area contributed by atoms with Crippen LogP contribution in [0.1, 0.15) is 28.9 Å². The predicted octanol–water partition coefficient (Wildman–Crippen LogP) is 1.27. The summed E-state index contributed by atoms with van der Waals surface area (Å²) in [5.41, 5.74) is 7.86. The van der Waals surface area contributed by atoms with E-state index in [-0.39, 0.29) is 18.2 Å². The second-order valence-corrected chi connectivity index (χ2v) is 7.27. The van der Waals surface area contributed by atoms with E-state index in [1.54, 1.807) is 55.7 Å². The first-order valence-corrected chi connectivity index (χ1v) is 9.11. The summed E-state index contributed by atoms with van der Waals surface area (Å²) in [6, 6.07) is 9.65. The molecule has 7 nitrogen and oxygen atoms in total. The molecule has 2 rings (SSSR count). The first-order valence-electron chi connectivity index (χ1n) is 7.45. The van der Waals surface area contributed by atoms with E-state index in [0.717, 1.165) is 5.56 Å². The van der Waals surface area contributed by atoms with Crippen LogP contribution < -0.4 is 15.8 Å². The third-order valence-corrected chi connectivity index (χ3v) is 4.81. The summed E-state index contributed by atoms with van der Waals surface area (Å²) < 4.78 is 25.3. The summed E-state index contributed by atoms with van der Waals surface area (Å²) in [7, 11) is -3.28. The van der Waals surface area contributed by atoms with Crippen molar-refractivity contribution < 1.29 is 13.2 Å². The molecule has 4 N–H and O–H groups in total. The maximum absolute atomic E-state index is 12.1. The summed E-state index contributed by atoms with van der Waals surface area (Å²) in [6.45, 7) is 1.67. The molecule has 1 aromatic heterocycles. The normalized spacial score (nSPS) is 12.6. The van der Waals surface area contributed by atoms with Crippen LogP contribution in [0, 0.1) is 0 Å². The molecule has 8 heteroatoms. The lowest BCUT2D eigenvalue weighted by molar-refractivity contribution is 0.102. The molecule has 0 spiro atoms. The first kappa shape index (κ1) is 18.1. The van der Waals surface area contributed by atoms with Crippen LogP contribution in [0.2, 0.25) is 0 Å². The number of carbonyl (C=O) groups is 1. The number of amides is 1. The van der Waals surface area contributed by atoms with Gasteiger partial charge in [0.2, 0.25) is 10.0 Å². The van der Waals surface area contributed by atoms with Gasteiger partial charge in [0, 0.05) is 36.2 Å². The molecule has 0 radical (unpaired) electrons. The van der Waals surface area contributed by atoms with Crippen molar-refractivity contribution in [3.05, 3.63) is 59.9 Å². The summed E-state index contributed by atoms with van der Waals surface area (Å²) >= 11 is 0. The lowest BCUT2D eigenvalue weighted by atomic mass is 10.1. The van der Waals surface area contributed by atoms with Crippen LogP contribution in [-0.4, -0.2) is 31.6 Å². The van der Waals surface area contributed by atoms with Crippen LogP contribution in [0.5, 0.6) is 0 Å². The number of rotatable bonds is 7. The van der Waals surface area contributed by atoms with Crippen molar-refractivity contribution in [2.75, 3.05) is 17.6 Å². The number of nitrogens with one attached hydrogen (secondary N) is 2. The zero-order chi connectivity index (χ0) is 17.6. The van der Waals surface area contributed by atoms with Gasteiger partial charge in [-0.05, 0) is 36.8 Å². The molecule has 1 atom stereocenters. The highest BCUT2D eigenvalue weighted by molar-refractivity contribution is 7.89. The summed E-state index contributed by atoms with van der Waals surface area (Å²) in [6.07, 6.45) is 3.18. The number of carbonyl (C=O) groups excluding carboxylic acids is 1. The van der Waals surface area contributed by atoms with E-state index in [2.05, 4.69) is 15.0 Å². The average molecular weight is 348 g/mol. The van der Waals surface area contributed by atoms with Gasteiger partial charge in [-0.3, -0.25) is 9.78 Å². The van der Waals surface area contributed by atoms with Crippen molar-refractivity contribution in [1.29, 1.82) is 0 Å². The zero-order valence-corrected chi connectivity index (χ0v) is 14.1. The molecule has 0 aliphatic carbocycles. The first-order chi connectivity index (χ1) is 11.4. The van der Waals surface area contributed by atoms with Gasteiger partial charge in [0.1, 0.15) is 0 Å². The van der Waals surface area contributed by atoms with Gasteiger partial charge in [0.15, 0.2) is 0 Å². The quantitative estimate of drug-likeness (QED) is 0.697. The second-order valence-electron chi connectivity index (χ2n) is 5.17. The monoisotopic (exact) mass is 348 g/mol. The van der Waals surface area contributed by atoms with Crippen molar-refractivity contribution in [3.63, 3.8) is 0 Å². The van der Waals surface area contributed by atoms with Crippen molar-refractivity contribution in [2.45, 2.75) is 13.0 Å². The standard InChI is InChI=1S/C16H20N4O3S/c1-2-24(22,23)19-11-15(17)12-3-5-13(6-4-12)16(21)20-14-7-9-18-10-8-14/h3-10,15,19H,2,11,17H2,1H3,(H,18,20,21). The molecule has 128 valence electrons. The smallest absolute Gasteiger partial charge is 0.255 e. The average Bonchev–Trinajstić information content (AvgIpc) is 2.61. The maximum Gasteiger partial charge on any atom is 0.255 e. The highest BCUT2D eigenvalue weighted by Crippen LogP contribution is 2.13. The number of benzene rings is 1. The molecule has 24 heavy (non-hydrogen) atoms. The van der Waals surface area contributed by atoms with Crippen LogP contribution in [0.3, 0.4) is 0 Å². The second kappa shape index (κ2) is 8.00. The van der Waals surface area contributed by atoms with E-state index in [0.29, 0.717) is 11.3 Å². The number of nitrogens with two attached hydrogens (primary N) is 1. The molecular formula is C16H20N4O3S. The summed E-state index contributed by atoms with van der Waals surface area (Å²) in [5, 5.41) is 2.76. The van der Waals surface area contributed by atoms with Gasteiger partial charge in [-0.25, -0.2) is 13.1 Å². The fourth-order valence-corrected chi connectivity index (χ4v) is 2.59. The molecule has 0 saturated carbocycles. The van der Waals surface area contributed by atoms with Gasteiger partial charge in [-0.15, -0.1) is 0 Å².